The number of hydrogen-bond acceptors (Lipinski definition) is 5. The fourth-order valence-corrected chi connectivity index (χ4v) is 4.14. The van der Waals surface area contributed by atoms with Gasteiger partial charge in [-0.3, -0.25) is 9.36 Å². The van der Waals surface area contributed by atoms with Gasteiger partial charge in [0.05, 0.1) is 5.75 Å². The number of nitrogens with one attached hydrogen (secondary N) is 1. The molecule has 1 heterocycles. The molecule has 0 radical (unpaired) electrons. The van der Waals surface area contributed by atoms with E-state index in [1.807, 2.05) is 41.8 Å². The third-order valence-corrected chi connectivity index (χ3v) is 6.06. The first-order valence-electron chi connectivity index (χ1n) is 9.93. The van der Waals surface area contributed by atoms with Crippen LogP contribution >= 0.6 is 27.7 Å². The summed E-state index contributed by atoms with van der Waals surface area (Å²) in [7, 11) is 0. The Morgan fingerprint density at radius 3 is 2.71 bits per heavy atom. The highest BCUT2D eigenvalue weighted by molar-refractivity contribution is 9.10. The maximum Gasteiger partial charge on any atom is 0.234 e. The van der Waals surface area contributed by atoms with Crippen LogP contribution in [0.15, 0.2) is 64.7 Å². The third-order valence-electron chi connectivity index (χ3n) is 4.60. The molecule has 0 bridgehead atoms. The number of hydrogen-bond donors (Lipinski definition) is 1. The van der Waals surface area contributed by atoms with E-state index in [-0.39, 0.29) is 18.3 Å². The first-order valence-corrected chi connectivity index (χ1v) is 11.7. The van der Waals surface area contributed by atoms with Crippen LogP contribution in [0.2, 0.25) is 0 Å². The highest BCUT2D eigenvalue weighted by atomic mass is 79.9. The molecule has 2 aromatic carbocycles. The van der Waals surface area contributed by atoms with Gasteiger partial charge in [-0.1, -0.05) is 52.8 Å². The molecule has 0 atom stereocenters. The fourth-order valence-electron chi connectivity index (χ4n) is 2.90. The minimum atomic E-state index is -0.0996. The lowest BCUT2D eigenvalue weighted by atomic mass is 10.2. The summed E-state index contributed by atoms with van der Waals surface area (Å²) < 4.78 is 8.76. The normalized spacial score (nSPS) is 10.7. The Hall–Kier alpha value is -2.58. The summed E-state index contributed by atoms with van der Waals surface area (Å²) in [5.74, 6) is 1.59. The Labute approximate surface area is 195 Å². The summed E-state index contributed by atoms with van der Waals surface area (Å²) in [4.78, 5) is 12.4. The van der Waals surface area contributed by atoms with E-state index in [0.717, 1.165) is 27.9 Å². The molecule has 0 saturated heterocycles. The van der Waals surface area contributed by atoms with E-state index in [9.17, 15) is 4.79 Å². The predicted octanol–water partition coefficient (Wildman–Crippen LogP) is 5.41. The van der Waals surface area contributed by atoms with Gasteiger partial charge in [0.2, 0.25) is 5.91 Å². The van der Waals surface area contributed by atoms with E-state index in [4.69, 9.17) is 4.74 Å². The molecule has 0 spiro atoms. The maximum absolute atomic E-state index is 12.4. The van der Waals surface area contributed by atoms with Gasteiger partial charge in [0.25, 0.3) is 0 Å². The molecule has 1 amide bonds. The van der Waals surface area contributed by atoms with Gasteiger partial charge in [-0.25, -0.2) is 0 Å². The van der Waals surface area contributed by atoms with Crippen LogP contribution in [0, 0.1) is 6.92 Å². The van der Waals surface area contributed by atoms with E-state index >= 15 is 0 Å². The van der Waals surface area contributed by atoms with Crippen molar-refractivity contribution in [1.82, 2.24) is 14.8 Å². The van der Waals surface area contributed by atoms with Crippen LogP contribution in [-0.4, -0.2) is 26.4 Å². The Balaban J connectivity index is 1.61. The van der Waals surface area contributed by atoms with Gasteiger partial charge in [0.15, 0.2) is 11.0 Å². The molecule has 0 aliphatic carbocycles. The van der Waals surface area contributed by atoms with Gasteiger partial charge < -0.3 is 10.1 Å². The Morgan fingerprint density at radius 2 is 2.03 bits per heavy atom. The maximum atomic E-state index is 12.4. The van der Waals surface area contributed by atoms with Crippen molar-refractivity contribution in [2.75, 3.05) is 11.1 Å². The minimum Gasteiger partial charge on any atom is -0.486 e. The van der Waals surface area contributed by atoms with Crippen LogP contribution in [-0.2, 0) is 24.4 Å². The third kappa shape index (κ3) is 6.45. The van der Waals surface area contributed by atoms with Crippen molar-refractivity contribution in [2.24, 2.45) is 0 Å². The van der Waals surface area contributed by atoms with E-state index in [1.165, 1.54) is 17.3 Å². The number of halogens is 1. The molecule has 3 rings (SSSR count). The molecule has 31 heavy (non-hydrogen) atoms. The van der Waals surface area contributed by atoms with Crippen molar-refractivity contribution < 1.29 is 9.53 Å². The number of nitrogens with zero attached hydrogens (tertiary/aromatic N) is 3. The molecule has 162 valence electrons. The second-order valence-corrected chi connectivity index (χ2v) is 8.74. The predicted molar refractivity (Wildman–Crippen MR) is 129 cm³/mol. The zero-order chi connectivity index (χ0) is 22.2. The number of benzene rings is 2. The van der Waals surface area contributed by atoms with Crippen LogP contribution < -0.4 is 10.1 Å². The number of anilines is 1. The summed E-state index contributed by atoms with van der Waals surface area (Å²) in [6.45, 7) is 8.71. The molecule has 8 heteroatoms. The number of ether oxygens (including phenoxy) is 1. The molecule has 1 N–H and O–H groups in total. The van der Waals surface area contributed by atoms with E-state index in [0.29, 0.717) is 17.5 Å². The van der Waals surface area contributed by atoms with Crippen LogP contribution in [0.4, 0.5) is 5.69 Å². The van der Waals surface area contributed by atoms with Gasteiger partial charge >= 0.3 is 0 Å². The molecule has 0 aliphatic heterocycles. The van der Waals surface area contributed by atoms with Crippen LogP contribution in [0.25, 0.3) is 0 Å². The quantitative estimate of drug-likeness (QED) is 0.297. The number of carbonyl (C=O) groups is 1. The fraction of sp³-hybridized carbons (Fsp3) is 0.261. The van der Waals surface area contributed by atoms with Gasteiger partial charge in [0, 0.05) is 16.7 Å². The van der Waals surface area contributed by atoms with Crippen molar-refractivity contribution in [2.45, 2.75) is 38.6 Å². The first kappa shape index (κ1) is 23.1. The largest absolute Gasteiger partial charge is 0.486 e. The van der Waals surface area contributed by atoms with Crippen molar-refractivity contribution in [3.8, 4) is 5.75 Å². The lowest BCUT2D eigenvalue weighted by Gasteiger charge is -2.10. The molecule has 3 aromatic rings. The number of aryl methyl sites for hydroxylation is 2. The SMILES string of the molecule is C=CCn1c(COc2ccc(CC)cc2)nnc1SCC(=O)Nc1ccc(Br)cc1C. The molecule has 0 fully saturated rings. The van der Waals surface area contributed by atoms with Gasteiger partial charge in [-0.15, -0.1) is 16.8 Å². The number of rotatable bonds is 10. The van der Waals surface area contributed by atoms with Crippen molar-refractivity contribution in [3.63, 3.8) is 0 Å². The molecule has 0 unspecified atom stereocenters. The molecule has 1 aromatic heterocycles. The van der Waals surface area contributed by atoms with Gasteiger partial charge in [-0.05, 0) is 54.8 Å². The number of amides is 1. The van der Waals surface area contributed by atoms with Crippen molar-refractivity contribution in [3.05, 3.63) is 76.5 Å². The summed E-state index contributed by atoms with van der Waals surface area (Å²) in [5.41, 5.74) is 3.05. The Bertz CT molecular complexity index is 1050. The van der Waals surface area contributed by atoms with Crippen LogP contribution in [0.5, 0.6) is 5.75 Å². The average Bonchev–Trinajstić information content (AvgIpc) is 3.15. The van der Waals surface area contributed by atoms with E-state index < -0.39 is 0 Å². The van der Waals surface area contributed by atoms with E-state index in [2.05, 4.69) is 57.1 Å². The van der Waals surface area contributed by atoms with Crippen LogP contribution in [0.1, 0.15) is 23.9 Å². The molecule has 6 nitrogen and oxygen atoms in total. The van der Waals surface area contributed by atoms with Crippen molar-refractivity contribution in [1.29, 1.82) is 0 Å². The van der Waals surface area contributed by atoms with E-state index in [1.54, 1.807) is 6.08 Å². The lowest BCUT2D eigenvalue weighted by Crippen LogP contribution is -2.15. The summed E-state index contributed by atoms with van der Waals surface area (Å²) in [6.07, 6.45) is 2.77. The molecule has 0 saturated carbocycles. The summed E-state index contributed by atoms with van der Waals surface area (Å²) >= 11 is 4.77. The summed E-state index contributed by atoms with van der Waals surface area (Å²) in [6, 6.07) is 13.8. The Kier molecular flexibility index (Phi) is 8.31. The number of carbonyl (C=O) groups excluding carboxylic acids is 1. The topological polar surface area (TPSA) is 69.0 Å². The number of allylic oxidation sites excluding steroid dienone is 1. The lowest BCUT2D eigenvalue weighted by molar-refractivity contribution is -0.113. The second-order valence-electron chi connectivity index (χ2n) is 6.88. The first-order chi connectivity index (χ1) is 15.0. The standard InChI is InChI=1S/C23H25BrN4O2S/c1-4-12-28-21(14-30-19-9-6-17(5-2)7-10-19)26-27-23(28)31-15-22(29)25-20-11-8-18(24)13-16(20)3/h4,6-11,13H,1,5,12,14-15H2,2-3H3,(H,25,29). The zero-order valence-electron chi connectivity index (χ0n) is 17.6. The minimum absolute atomic E-state index is 0.0996. The highest BCUT2D eigenvalue weighted by Gasteiger charge is 2.14. The highest BCUT2D eigenvalue weighted by Crippen LogP contribution is 2.22. The average molecular weight is 501 g/mol. The monoisotopic (exact) mass is 500 g/mol. The zero-order valence-corrected chi connectivity index (χ0v) is 20.0. The van der Waals surface area contributed by atoms with Gasteiger partial charge in [-0.2, -0.15) is 0 Å². The Morgan fingerprint density at radius 1 is 1.26 bits per heavy atom. The number of aromatic nitrogens is 3. The van der Waals surface area contributed by atoms with Crippen LogP contribution in [0.3, 0.4) is 0 Å². The molecule has 0 aliphatic rings. The molecular formula is C23H25BrN4O2S. The molecular weight excluding hydrogens is 476 g/mol. The smallest absolute Gasteiger partial charge is 0.234 e. The van der Waals surface area contributed by atoms with Crippen molar-refractivity contribution >= 4 is 39.3 Å². The summed E-state index contributed by atoms with van der Waals surface area (Å²) in [5, 5.41) is 12.1. The number of thioether (sulfide) groups is 1. The van der Waals surface area contributed by atoms with Gasteiger partial charge in [0.1, 0.15) is 12.4 Å². The second kappa shape index (κ2) is 11.2.